The van der Waals surface area contributed by atoms with Gasteiger partial charge in [-0.15, -0.1) is 12.6 Å². The predicted octanol–water partition coefficient (Wildman–Crippen LogP) is 2.96. The van der Waals surface area contributed by atoms with Gasteiger partial charge in [0.15, 0.2) is 11.6 Å². The zero-order valence-corrected chi connectivity index (χ0v) is 7.26. The standard InChI is InChI=1S/C8H7F3S/c1-2-4-3-5(9)7(11)8(12)6(4)10/h3,12H,2H2,1H3. The van der Waals surface area contributed by atoms with Gasteiger partial charge in [-0.2, -0.15) is 0 Å². The molecule has 0 unspecified atom stereocenters. The third kappa shape index (κ3) is 1.43. The minimum atomic E-state index is -1.23. The molecule has 12 heavy (non-hydrogen) atoms. The molecule has 0 spiro atoms. The van der Waals surface area contributed by atoms with Gasteiger partial charge in [0, 0.05) is 0 Å². The number of hydrogen-bond acceptors (Lipinski definition) is 1. The van der Waals surface area contributed by atoms with Crippen molar-refractivity contribution in [2.75, 3.05) is 0 Å². The van der Waals surface area contributed by atoms with Crippen molar-refractivity contribution in [1.29, 1.82) is 0 Å². The number of halogens is 3. The maximum Gasteiger partial charge on any atom is 0.175 e. The Labute approximate surface area is 73.8 Å². The second kappa shape index (κ2) is 3.39. The fraction of sp³-hybridized carbons (Fsp3) is 0.250. The molecule has 0 heterocycles. The van der Waals surface area contributed by atoms with Crippen LogP contribution in [-0.2, 0) is 6.42 Å². The van der Waals surface area contributed by atoms with Crippen LogP contribution in [0, 0.1) is 17.5 Å². The van der Waals surface area contributed by atoms with Crippen molar-refractivity contribution in [3.05, 3.63) is 29.1 Å². The van der Waals surface area contributed by atoms with E-state index >= 15 is 0 Å². The van der Waals surface area contributed by atoms with Crippen LogP contribution in [0.1, 0.15) is 12.5 Å². The summed E-state index contributed by atoms with van der Waals surface area (Å²) in [6.07, 6.45) is 0.316. The lowest BCUT2D eigenvalue weighted by molar-refractivity contribution is 0.462. The average Bonchev–Trinajstić information content (AvgIpc) is 2.08. The maximum absolute atomic E-state index is 13.0. The van der Waals surface area contributed by atoms with Gasteiger partial charge in [0.25, 0.3) is 0 Å². The van der Waals surface area contributed by atoms with Crippen molar-refractivity contribution in [2.45, 2.75) is 18.2 Å². The molecule has 0 aliphatic heterocycles. The Morgan fingerprint density at radius 1 is 1.25 bits per heavy atom. The summed E-state index contributed by atoms with van der Waals surface area (Å²) < 4.78 is 38.2. The number of aryl methyl sites for hydroxylation is 1. The Kier molecular flexibility index (Phi) is 2.67. The topological polar surface area (TPSA) is 0 Å². The average molecular weight is 192 g/mol. The molecule has 0 nitrogen and oxygen atoms in total. The van der Waals surface area contributed by atoms with Crippen molar-refractivity contribution in [1.82, 2.24) is 0 Å². The predicted molar refractivity (Wildman–Crippen MR) is 42.9 cm³/mol. The molecule has 0 aliphatic carbocycles. The molecule has 0 radical (unpaired) electrons. The van der Waals surface area contributed by atoms with E-state index in [1.54, 1.807) is 6.92 Å². The summed E-state index contributed by atoms with van der Waals surface area (Å²) >= 11 is 3.51. The van der Waals surface area contributed by atoms with Crippen molar-refractivity contribution in [2.24, 2.45) is 0 Å². The second-order valence-corrected chi connectivity index (χ2v) is 2.79. The van der Waals surface area contributed by atoms with Gasteiger partial charge in [0.2, 0.25) is 0 Å². The highest BCUT2D eigenvalue weighted by Crippen LogP contribution is 2.23. The first-order chi connectivity index (χ1) is 5.57. The zero-order valence-electron chi connectivity index (χ0n) is 6.37. The van der Waals surface area contributed by atoms with Crippen LogP contribution < -0.4 is 0 Å². The minimum Gasteiger partial charge on any atom is -0.205 e. The summed E-state index contributed by atoms with van der Waals surface area (Å²) in [6, 6.07) is 0.852. The van der Waals surface area contributed by atoms with Gasteiger partial charge in [0.05, 0.1) is 4.90 Å². The molecule has 0 atom stereocenters. The Morgan fingerprint density at radius 3 is 2.33 bits per heavy atom. The molecule has 0 saturated heterocycles. The fourth-order valence-electron chi connectivity index (χ4n) is 0.899. The molecule has 1 aromatic carbocycles. The van der Waals surface area contributed by atoms with Crippen LogP contribution in [0.2, 0.25) is 0 Å². The molecule has 4 heteroatoms. The molecule has 0 fully saturated rings. The quantitative estimate of drug-likeness (QED) is 0.513. The van der Waals surface area contributed by atoms with E-state index in [2.05, 4.69) is 12.6 Å². The third-order valence-corrected chi connectivity index (χ3v) is 1.98. The number of hydrogen-bond donors (Lipinski definition) is 1. The summed E-state index contributed by atoms with van der Waals surface area (Å²) in [5.74, 6) is -3.06. The Bertz CT molecular complexity index is 310. The molecule has 0 bridgehead atoms. The maximum atomic E-state index is 13.0. The Hall–Kier alpha value is -0.640. The summed E-state index contributed by atoms with van der Waals surface area (Å²) in [5, 5.41) is 0. The van der Waals surface area contributed by atoms with Crippen LogP contribution in [0.3, 0.4) is 0 Å². The highest BCUT2D eigenvalue weighted by atomic mass is 32.1. The molecule has 1 rings (SSSR count). The summed E-state index contributed by atoms with van der Waals surface area (Å²) in [4.78, 5) is -0.549. The van der Waals surface area contributed by atoms with E-state index in [-0.39, 0.29) is 5.56 Å². The monoisotopic (exact) mass is 192 g/mol. The minimum absolute atomic E-state index is 0.138. The SMILES string of the molecule is CCc1cc(F)c(F)c(S)c1F. The summed E-state index contributed by atoms with van der Waals surface area (Å²) in [5.41, 5.74) is 0.138. The first-order valence-electron chi connectivity index (χ1n) is 3.43. The van der Waals surface area contributed by atoms with Gasteiger partial charge in [0.1, 0.15) is 5.82 Å². The molecule has 0 saturated carbocycles. The molecule has 0 amide bonds. The van der Waals surface area contributed by atoms with E-state index in [9.17, 15) is 13.2 Å². The molecule has 0 aliphatic rings. The van der Waals surface area contributed by atoms with Gasteiger partial charge in [-0.3, -0.25) is 0 Å². The van der Waals surface area contributed by atoms with Gasteiger partial charge in [-0.25, -0.2) is 13.2 Å². The molecule has 66 valence electrons. The number of benzene rings is 1. The lowest BCUT2D eigenvalue weighted by Crippen LogP contribution is -1.96. The van der Waals surface area contributed by atoms with Gasteiger partial charge < -0.3 is 0 Å². The van der Waals surface area contributed by atoms with Crippen LogP contribution in [0.15, 0.2) is 11.0 Å². The normalized spacial score (nSPS) is 10.4. The second-order valence-electron chi connectivity index (χ2n) is 2.35. The first kappa shape index (κ1) is 9.45. The van der Waals surface area contributed by atoms with E-state index < -0.39 is 22.3 Å². The van der Waals surface area contributed by atoms with Gasteiger partial charge in [-0.1, -0.05) is 6.92 Å². The van der Waals surface area contributed by atoms with Crippen molar-refractivity contribution >= 4 is 12.6 Å². The molecule has 1 aromatic rings. The number of thiol groups is 1. The fourth-order valence-corrected chi connectivity index (χ4v) is 1.15. The third-order valence-electron chi connectivity index (χ3n) is 1.59. The highest BCUT2D eigenvalue weighted by molar-refractivity contribution is 7.80. The van der Waals surface area contributed by atoms with Crippen molar-refractivity contribution in [3.8, 4) is 0 Å². The van der Waals surface area contributed by atoms with Crippen LogP contribution in [-0.4, -0.2) is 0 Å². The van der Waals surface area contributed by atoms with Crippen LogP contribution in [0.5, 0.6) is 0 Å². The van der Waals surface area contributed by atoms with Crippen LogP contribution in [0.4, 0.5) is 13.2 Å². The summed E-state index contributed by atoms with van der Waals surface area (Å²) in [7, 11) is 0. The lowest BCUT2D eigenvalue weighted by atomic mass is 10.1. The smallest absolute Gasteiger partial charge is 0.175 e. The van der Waals surface area contributed by atoms with E-state index in [0.29, 0.717) is 6.42 Å². The van der Waals surface area contributed by atoms with Crippen molar-refractivity contribution < 1.29 is 13.2 Å². The molecule has 0 aromatic heterocycles. The Balaban J connectivity index is 3.39. The largest absolute Gasteiger partial charge is 0.205 e. The Morgan fingerprint density at radius 2 is 1.83 bits per heavy atom. The van der Waals surface area contributed by atoms with E-state index in [1.165, 1.54) is 0 Å². The molecule has 0 N–H and O–H groups in total. The van der Waals surface area contributed by atoms with E-state index in [4.69, 9.17) is 0 Å². The molecular weight excluding hydrogens is 185 g/mol. The highest BCUT2D eigenvalue weighted by Gasteiger charge is 2.14. The van der Waals surface area contributed by atoms with E-state index in [0.717, 1.165) is 6.07 Å². The van der Waals surface area contributed by atoms with Crippen molar-refractivity contribution in [3.63, 3.8) is 0 Å². The van der Waals surface area contributed by atoms with Gasteiger partial charge >= 0.3 is 0 Å². The van der Waals surface area contributed by atoms with Crippen LogP contribution >= 0.6 is 12.6 Å². The summed E-state index contributed by atoms with van der Waals surface area (Å²) in [6.45, 7) is 1.66. The zero-order chi connectivity index (χ0) is 9.30. The van der Waals surface area contributed by atoms with Gasteiger partial charge in [-0.05, 0) is 18.1 Å². The van der Waals surface area contributed by atoms with Crippen LogP contribution in [0.25, 0.3) is 0 Å². The van der Waals surface area contributed by atoms with E-state index in [1.807, 2.05) is 0 Å². The first-order valence-corrected chi connectivity index (χ1v) is 3.88. The molecular formula is C8H7F3S. The lowest BCUT2D eigenvalue weighted by Gasteiger charge is -2.03. The number of rotatable bonds is 1.